The molecule has 0 aliphatic carbocycles. The Hall–Kier alpha value is -1.00. The Kier molecular flexibility index (Phi) is 4.82. The average Bonchev–Trinajstić information content (AvgIpc) is 2.81. The van der Waals surface area contributed by atoms with Gasteiger partial charge in [-0.25, -0.2) is 0 Å². The predicted octanol–water partition coefficient (Wildman–Crippen LogP) is 2.13. The predicted molar refractivity (Wildman–Crippen MR) is 73.1 cm³/mol. The lowest BCUT2D eigenvalue weighted by molar-refractivity contribution is 0.0708. The number of nitrogens with two attached hydrogens (primary N) is 1. The topological polar surface area (TPSA) is 59.5 Å². The standard InChI is InChI=1S/C13H20N2O2.ClH/c1-8-4-10(3)17-12(8)13(16)15-7-11(6-14)5-9(15)2;/h4,9,11H,5-7,14H2,1-3H3;1H. The van der Waals surface area contributed by atoms with E-state index in [1.54, 1.807) is 0 Å². The number of nitrogens with zero attached hydrogens (tertiary/aromatic N) is 1. The fourth-order valence-electron chi connectivity index (χ4n) is 2.58. The second kappa shape index (κ2) is 5.76. The summed E-state index contributed by atoms with van der Waals surface area (Å²) in [6, 6.07) is 2.15. The lowest BCUT2D eigenvalue weighted by atomic mass is 10.1. The van der Waals surface area contributed by atoms with Crippen molar-refractivity contribution in [3.05, 3.63) is 23.2 Å². The lowest BCUT2D eigenvalue weighted by Gasteiger charge is -2.20. The normalized spacial score (nSPS) is 23.0. The van der Waals surface area contributed by atoms with Crippen molar-refractivity contribution in [2.24, 2.45) is 11.7 Å². The van der Waals surface area contributed by atoms with E-state index in [-0.39, 0.29) is 24.4 Å². The molecule has 2 N–H and O–H groups in total. The number of carbonyl (C=O) groups is 1. The van der Waals surface area contributed by atoms with E-state index in [0.717, 1.165) is 24.3 Å². The highest BCUT2D eigenvalue weighted by Crippen LogP contribution is 2.25. The van der Waals surface area contributed by atoms with Gasteiger partial charge in [-0.2, -0.15) is 0 Å². The second-order valence-electron chi connectivity index (χ2n) is 5.01. The molecule has 2 unspecified atom stereocenters. The average molecular weight is 273 g/mol. The van der Waals surface area contributed by atoms with Crippen LogP contribution in [0.4, 0.5) is 0 Å². The summed E-state index contributed by atoms with van der Waals surface area (Å²) in [6.07, 6.45) is 0.987. The third kappa shape index (κ3) is 2.70. The molecule has 1 aromatic rings. The highest BCUT2D eigenvalue weighted by Gasteiger charge is 2.33. The first kappa shape index (κ1) is 15.1. The molecular weight excluding hydrogens is 252 g/mol. The molecule has 0 bridgehead atoms. The van der Waals surface area contributed by atoms with E-state index in [1.807, 2.05) is 24.8 Å². The van der Waals surface area contributed by atoms with E-state index in [2.05, 4.69) is 6.92 Å². The number of rotatable bonds is 2. The van der Waals surface area contributed by atoms with E-state index in [4.69, 9.17) is 10.2 Å². The molecule has 5 heteroatoms. The number of hydrogen-bond acceptors (Lipinski definition) is 3. The van der Waals surface area contributed by atoms with Crippen LogP contribution in [0.2, 0.25) is 0 Å². The molecule has 1 aromatic heterocycles. The van der Waals surface area contributed by atoms with Crippen LogP contribution in [0.25, 0.3) is 0 Å². The number of amides is 1. The molecule has 18 heavy (non-hydrogen) atoms. The van der Waals surface area contributed by atoms with Gasteiger partial charge in [0.1, 0.15) is 5.76 Å². The fourth-order valence-corrected chi connectivity index (χ4v) is 2.58. The maximum Gasteiger partial charge on any atom is 0.290 e. The van der Waals surface area contributed by atoms with E-state index >= 15 is 0 Å². The lowest BCUT2D eigenvalue weighted by Crippen LogP contribution is -2.34. The summed E-state index contributed by atoms with van der Waals surface area (Å²) in [5.41, 5.74) is 6.58. The van der Waals surface area contributed by atoms with Crippen LogP contribution in [-0.4, -0.2) is 29.9 Å². The molecule has 102 valence electrons. The molecule has 0 saturated carbocycles. The molecule has 1 aliphatic heterocycles. The van der Waals surface area contributed by atoms with Crippen molar-refractivity contribution in [3.63, 3.8) is 0 Å². The summed E-state index contributed by atoms with van der Waals surface area (Å²) in [7, 11) is 0. The largest absolute Gasteiger partial charge is 0.456 e. The summed E-state index contributed by atoms with van der Waals surface area (Å²) in [4.78, 5) is 14.2. The Morgan fingerprint density at radius 2 is 2.22 bits per heavy atom. The zero-order chi connectivity index (χ0) is 12.6. The quantitative estimate of drug-likeness (QED) is 0.897. The van der Waals surface area contributed by atoms with Gasteiger partial charge in [-0.3, -0.25) is 4.79 Å². The van der Waals surface area contributed by atoms with E-state index < -0.39 is 0 Å². The van der Waals surface area contributed by atoms with Crippen LogP contribution in [0.1, 0.15) is 35.2 Å². The molecule has 1 saturated heterocycles. The van der Waals surface area contributed by atoms with Crippen LogP contribution in [0.15, 0.2) is 10.5 Å². The number of halogens is 1. The van der Waals surface area contributed by atoms with Gasteiger partial charge in [-0.05, 0) is 45.7 Å². The maximum absolute atomic E-state index is 12.3. The van der Waals surface area contributed by atoms with Crippen LogP contribution >= 0.6 is 12.4 Å². The van der Waals surface area contributed by atoms with Crippen LogP contribution < -0.4 is 5.73 Å². The molecule has 0 spiro atoms. The van der Waals surface area contributed by atoms with Crippen LogP contribution in [-0.2, 0) is 0 Å². The van der Waals surface area contributed by atoms with Gasteiger partial charge in [-0.15, -0.1) is 12.4 Å². The Bertz CT molecular complexity index is 431. The Morgan fingerprint density at radius 3 is 2.67 bits per heavy atom. The van der Waals surface area contributed by atoms with Gasteiger partial charge in [0, 0.05) is 18.2 Å². The van der Waals surface area contributed by atoms with Crippen molar-refractivity contribution in [2.75, 3.05) is 13.1 Å². The van der Waals surface area contributed by atoms with Crippen molar-refractivity contribution in [1.29, 1.82) is 0 Å². The van der Waals surface area contributed by atoms with E-state index in [0.29, 0.717) is 18.2 Å². The van der Waals surface area contributed by atoms with Gasteiger partial charge in [0.25, 0.3) is 5.91 Å². The smallest absolute Gasteiger partial charge is 0.290 e. The SMILES string of the molecule is Cc1cc(C)c(C(=O)N2CC(CN)CC2C)o1.Cl. The van der Waals surface area contributed by atoms with E-state index in [9.17, 15) is 4.79 Å². The number of carbonyl (C=O) groups excluding carboxylic acids is 1. The Labute approximate surface area is 114 Å². The summed E-state index contributed by atoms with van der Waals surface area (Å²) in [5, 5.41) is 0. The molecule has 1 amide bonds. The maximum atomic E-state index is 12.3. The van der Waals surface area contributed by atoms with Crippen molar-refractivity contribution >= 4 is 18.3 Å². The molecule has 0 radical (unpaired) electrons. The first-order valence-corrected chi connectivity index (χ1v) is 6.11. The molecule has 2 rings (SSSR count). The zero-order valence-electron chi connectivity index (χ0n) is 11.1. The van der Waals surface area contributed by atoms with Gasteiger partial charge < -0.3 is 15.1 Å². The van der Waals surface area contributed by atoms with Crippen molar-refractivity contribution in [3.8, 4) is 0 Å². The number of likely N-dealkylation sites (tertiary alicyclic amines) is 1. The second-order valence-corrected chi connectivity index (χ2v) is 5.01. The number of aryl methyl sites for hydroxylation is 2. The molecule has 4 nitrogen and oxygen atoms in total. The zero-order valence-corrected chi connectivity index (χ0v) is 11.9. The van der Waals surface area contributed by atoms with Crippen LogP contribution in [0, 0.1) is 19.8 Å². The number of furan rings is 1. The van der Waals surface area contributed by atoms with Gasteiger partial charge >= 0.3 is 0 Å². The fraction of sp³-hybridized carbons (Fsp3) is 0.615. The molecule has 2 atom stereocenters. The van der Waals surface area contributed by atoms with Crippen LogP contribution in [0.3, 0.4) is 0 Å². The third-order valence-electron chi connectivity index (χ3n) is 3.49. The van der Waals surface area contributed by atoms with Crippen molar-refractivity contribution in [2.45, 2.75) is 33.2 Å². The monoisotopic (exact) mass is 272 g/mol. The molecule has 0 aromatic carbocycles. The summed E-state index contributed by atoms with van der Waals surface area (Å²) in [5.74, 6) is 1.68. The van der Waals surface area contributed by atoms with Crippen molar-refractivity contribution in [1.82, 2.24) is 4.90 Å². The summed E-state index contributed by atoms with van der Waals surface area (Å²) in [6.45, 7) is 7.23. The number of hydrogen-bond donors (Lipinski definition) is 1. The highest BCUT2D eigenvalue weighted by atomic mass is 35.5. The molecule has 1 fully saturated rings. The summed E-state index contributed by atoms with van der Waals surface area (Å²) >= 11 is 0. The highest BCUT2D eigenvalue weighted by molar-refractivity contribution is 5.93. The van der Waals surface area contributed by atoms with Crippen molar-refractivity contribution < 1.29 is 9.21 Å². The first-order chi connectivity index (χ1) is 8.02. The Balaban J connectivity index is 0.00000162. The Morgan fingerprint density at radius 1 is 1.56 bits per heavy atom. The molecule has 1 aliphatic rings. The minimum atomic E-state index is -0.000880. The molecule has 2 heterocycles. The van der Waals surface area contributed by atoms with Crippen LogP contribution in [0.5, 0.6) is 0 Å². The first-order valence-electron chi connectivity index (χ1n) is 6.11. The third-order valence-corrected chi connectivity index (χ3v) is 3.49. The van der Waals surface area contributed by atoms with Gasteiger partial charge in [0.15, 0.2) is 5.76 Å². The molecular formula is C13H21ClN2O2. The van der Waals surface area contributed by atoms with E-state index in [1.165, 1.54) is 0 Å². The minimum absolute atomic E-state index is 0. The minimum Gasteiger partial charge on any atom is -0.456 e. The van der Waals surface area contributed by atoms with Gasteiger partial charge in [0.2, 0.25) is 0 Å². The van der Waals surface area contributed by atoms with Gasteiger partial charge in [0.05, 0.1) is 0 Å². The summed E-state index contributed by atoms with van der Waals surface area (Å²) < 4.78 is 5.48. The van der Waals surface area contributed by atoms with Gasteiger partial charge in [-0.1, -0.05) is 0 Å².